The first-order valence-corrected chi connectivity index (χ1v) is 13.3. The summed E-state index contributed by atoms with van der Waals surface area (Å²) in [7, 11) is 1.40. The van der Waals surface area contributed by atoms with Gasteiger partial charge < -0.3 is 31.5 Å². The van der Waals surface area contributed by atoms with Crippen LogP contribution in [0.4, 0.5) is 0 Å². The molecule has 0 aromatic heterocycles. The summed E-state index contributed by atoms with van der Waals surface area (Å²) in [5.74, 6) is -1.82. The molecule has 0 spiro atoms. The Bertz CT molecular complexity index is 1480. The molecule has 0 heterocycles. The molecule has 1 unspecified atom stereocenters. The molecule has 10 heteroatoms. The number of benzene rings is 3. The Kier molecular flexibility index (Phi) is 10.6. The molecule has 3 rings (SSSR count). The van der Waals surface area contributed by atoms with E-state index in [2.05, 4.69) is 17.0 Å². The first kappa shape index (κ1) is 31.6. The van der Waals surface area contributed by atoms with Crippen molar-refractivity contribution in [2.24, 2.45) is 16.5 Å². The number of aromatic carboxylic acids is 1. The van der Waals surface area contributed by atoms with Crippen molar-refractivity contribution in [2.75, 3.05) is 7.11 Å². The first-order valence-electron chi connectivity index (χ1n) is 13.3. The van der Waals surface area contributed by atoms with E-state index in [-0.39, 0.29) is 30.2 Å². The normalized spacial score (nSPS) is 12.6. The second kappa shape index (κ2) is 14.1. The van der Waals surface area contributed by atoms with E-state index >= 15 is 0 Å². The topological polar surface area (TPSA) is 160 Å². The lowest BCUT2D eigenvalue weighted by atomic mass is 9.93. The van der Waals surface area contributed by atoms with E-state index in [1.165, 1.54) is 13.2 Å². The van der Waals surface area contributed by atoms with Gasteiger partial charge in [-0.3, -0.25) is 14.6 Å². The summed E-state index contributed by atoms with van der Waals surface area (Å²) in [5, 5.41) is 12.9. The van der Waals surface area contributed by atoms with Gasteiger partial charge in [-0.15, -0.1) is 0 Å². The molecule has 3 aromatic carbocycles. The van der Waals surface area contributed by atoms with Gasteiger partial charge in [0.2, 0.25) is 11.8 Å². The number of amides is 2. The van der Waals surface area contributed by atoms with E-state index in [1.54, 1.807) is 42.3 Å². The summed E-state index contributed by atoms with van der Waals surface area (Å²) >= 11 is 0. The molecule has 220 valence electrons. The number of carbonyl (C=O) groups is 3. The molecule has 0 aliphatic carbocycles. The smallest absolute Gasteiger partial charge is 0.339 e. The van der Waals surface area contributed by atoms with Gasteiger partial charge >= 0.3 is 5.97 Å². The average molecular weight is 572 g/mol. The van der Waals surface area contributed by atoms with E-state index in [9.17, 15) is 19.5 Å². The average Bonchev–Trinajstić information content (AvgIpc) is 2.97. The van der Waals surface area contributed by atoms with E-state index in [0.29, 0.717) is 16.8 Å². The summed E-state index contributed by atoms with van der Waals surface area (Å²) in [5.41, 5.74) is 16.8. The molecule has 0 saturated carbocycles. The lowest BCUT2D eigenvalue weighted by Gasteiger charge is -2.32. The van der Waals surface area contributed by atoms with Gasteiger partial charge in [-0.2, -0.15) is 0 Å². The van der Waals surface area contributed by atoms with Gasteiger partial charge in [0, 0.05) is 23.9 Å². The number of carbonyl (C=O) groups excluding carboxylic acids is 2. The number of rotatable bonds is 13. The molecule has 2 atom stereocenters. The Morgan fingerprint density at radius 3 is 2.26 bits per heavy atom. The molecule has 0 aliphatic heterocycles. The second-order valence-electron chi connectivity index (χ2n) is 9.97. The van der Waals surface area contributed by atoms with Crippen LogP contribution in [0.1, 0.15) is 55.5 Å². The van der Waals surface area contributed by atoms with Crippen LogP contribution in [0.5, 0.6) is 5.75 Å². The highest BCUT2D eigenvalue weighted by Gasteiger charge is 2.27. The summed E-state index contributed by atoms with van der Waals surface area (Å²) < 4.78 is 5.18. The Morgan fingerprint density at radius 2 is 1.71 bits per heavy atom. The minimum atomic E-state index is -1.15. The van der Waals surface area contributed by atoms with E-state index in [0.717, 1.165) is 22.3 Å². The van der Waals surface area contributed by atoms with Crippen molar-refractivity contribution in [3.8, 4) is 5.75 Å². The number of hydrogen-bond donors (Lipinski definition) is 4. The molecule has 2 amide bonds. The Balaban J connectivity index is 1.95. The van der Waals surface area contributed by atoms with Crippen LogP contribution in [-0.4, -0.2) is 53.8 Å². The standard InChI is InChI=1S/C32H37N5O5/c1-19-13-24(30(34)38)14-20(2)25(19)16-27(33)31(39)37(18-22-11-12-29(42-5)26(15-22)32(40)41)21(3)36-17-28(35-4)23-9-7-6-8-10-23/h6-15,17,21,27,36H,4,16,18,33H2,1-3,5H3,(H2,34,38)(H,40,41)/b28-17-/t21?,27-/m0/s1. The van der Waals surface area contributed by atoms with Crippen molar-refractivity contribution in [3.63, 3.8) is 0 Å². The van der Waals surface area contributed by atoms with Crippen molar-refractivity contribution < 1.29 is 24.2 Å². The van der Waals surface area contributed by atoms with E-state index < -0.39 is 24.1 Å². The van der Waals surface area contributed by atoms with E-state index in [1.807, 2.05) is 44.2 Å². The van der Waals surface area contributed by atoms with Gasteiger partial charge in [0.15, 0.2) is 0 Å². The minimum absolute atomic E-state index is 0.0183. The number of nitrogens with zero attached hydrogens (tertiary/aromatic N) is 2. The number of nitrogens with one attached hydrogen (secondary N) is 1. The lowest BCUT2D eigenvalue weighted by Crippen LogP contribution is -2.52. The fourth-order valence-electron chi connectivity index (χ4n) is 4.72. The molecule has 0 bridgehead atoms. The Labute approximate surface area is 245 Å². The first-order chi connectivity index (χ1) is 20.0. The van der Waals surface area contributed by atoms with Crippen LogP contribution < -0.4 is 21.5 Å². The number of hydrogen-bond acceptors (Lipinski definition) is 7. The van der Waals surface area contributed by atoms with Gasteiger partial charge in [0.1, 0.15) is 11.3 Å². The predicted molar refractivity (Wildman–Crippen MR) is 163 cm³/mol. The highest BCUT2D eigenvalue weighted by Crippen LogP contribution is 2.23. The fraction of sp³-hybridized carbons (Fsp3) is 0.250. The zero-order valence-corrected chi connectivity index (χ0v) is 24.3. The third-order valence-electron chi connectivity index (χ3n) is 7.02. The van der Waals surface area contributed by atoms with Crippen LogP contribution in [0.3, 0.4) is 0 Å². The summed E-state index contributed by atoms with van der Waals surface area (Å²) in [6.45, 7) is 9.21. The maximum Gasteiger partial charge on any atom is 0.339 e. The molecular formula is C32H37N5O5. The quantitative estimate of drug-likeness (QED) is 0.180. The molecule has 10 nitrogen and oxygen atoms in total. The van der Waals surface area contributed by atoms with Gasteiger partial charge in [-0.25, -0.2) is 4.79 Å². The van der Waals surface area contributed by atoms with E-state index in [4.69, 9.17) is 16.2 Å². The van der Waals surface area contributed by atoms with Crippen LogP contribution >= 0.6 is 0 Å². The number of carboxylic acids is 1. The molecule has 6 N–H and O–H groups in total. The molecule has 0 fully saturated rings. The van der Waals surface area contributed by atoms with Gasteiger partial charge in [0.25, 0.3) is 0 Å². The molecule has 0 aliphatic rings. The largest absolute Gasteiger partial charge is 0.496 e. The maximum absolute atomic E-state index is 13.9. The number of methoxy groups -OCH3 is 1. The third-order valence-corrected chi connectivity index (χ3v) is 7.02. The molecule has 3 aromatic rings. The van der Waals surface area contributed by atoms with Crippen molar-refractivity contribution in [2.45, 2.75) is 45.9 Å². The molecule has 0 radical (unpaired) electrons. The number of nitrogens with two attached hydrogens (primary N) is 2. The van der Waals surface area contributed by atoms with Crippen molar-refractivity contribution in [3.05, 3.63) is 106 Å². The predicted octanol–water partition coefficient (Wildman–Crippen LogP) is 3.64. The SMILES string of the molecule is C=N/C(=C\NC(C)N(Cc1ccc(OC)c(C(=O)O)c1)C(=O)[C@@H](N)Cc1c(C)cc(C(N)=O)cc1C)c1ccccc1. The maximum atomic E-state index is 13.9. The summed E-state index contributed by atoms with van der Waals surface area (Å²) in [6.07, 6.45) is 1.33. The fourth-order valence-corrected chi connectivity index (χ4v) is 4.72. The summed E-state index contributed by atoms with van der Waals surface area (Å²) in [6, 6.07) is 16.6. The molecule has 42 heavy (non-hydrogen) atoms. The second-order valence-corrected chi connectivity index (χ2v) is 9.97. The Morgan fingerprint density at radius 1 is 1.07 bits per heavy atom. The summed E-state index contributed by atoms with van der Waals surface area (Å²) in [4.78, 5) is 43.1. The number of aryl methyl sites for hydroxylation is 2. The number of aliphatic imine (C=N–C) groups is 1. The number of primary amides is 1. The van der Waals surface area contributed by atoms with Crippen molar-refractivity contribution >= 4 is 30.2 Å². The minimum Gasteiger partial charge on any atom is -0.496 e. The van der Waals surface area contributed by atoms with Gasteiger partial charge in [-0.1, -0.05) is 36.4 Å². The number of ether oxygens (including phenoxy) is 1. The molecule has 0 saturated heterocycles. The van der Waals surface area contributed by atoms with Crippen molar-refractivity contribution in [1.29, 1.82) is 0 Å². The van der Waals surface area contributed by atoms with Crippen LogP contribution in [0.15, 0.2) is 71.9 Å². The van der Waals surface area contributed by atoms with Gasteiger partial charge in [-0.05, 0) is 80.4 Å². The molecular weight excluding hydrogens is 534 g/mol. The van der Waals surface area contributed by atoms with Crippen molar-refractivity contribution in [1.82, 2.24) is 10.2 Å². The Hall–Kier alpha value is -4.96. The van der Waals surface area contributed by atoms with Crippen LogP contribution in [0.2, 0.25) is 0 Å². The van der Waals surface area contributed by atoms with Crippen LogP contribution in [0, 0.1) is 13.8 Å². The highest BCUT2D eigenvalue weighted by molar-refractivity contribution is 5.93. The lowest BCUT2D eigenvalue weighted by molar-refractivity contribution is -0.135. The highest BCUT2D eigenvalue weighted by atomic mass is 16.5. The zero-order chi connectivity index (χ0) is 31.0. The van der Waals surface area contributed by atoms with Gasteiger partial charge in [0.05, 0.1) is 25.0 Å². The van der Waals surface area contributed by atoms with Crippen LogP contribution in [0.25, 0.3) is 5.70 Å². The number of carboxylic acid groups (broad SMARTS) is 1. The monoisotopic (exact) mass is 571 g/mol. The third kappa shape index (κ3) is 7.61. The van der Waals surface area contributed by atoms with Crippen LogP contribution in [-0.2, 0) is 17.8 Å². The zero-order valence-electron chi connectivity index (χ0n) is 24.3.